The van der Waals surface area contributed by atoms with Crippen LogP contribution in [-0.4, -0.2) is 12.6 Å². The third-order valence-electron chi connectivity index (χ3n) is 3.13. The molecule has 110 valence electrons. The number of carbonyl (C=O) groups excluding carboxylic acids is 1. The van der Waals surface area contributed by atoms with Crippen LogP contribution in [0.25, 0.3) is 5.57 Å². The number of hydrogen-bond donors (Lipinski definition) is 0. The topological polar surface area (TPSA) is 50.1 Å². The maximum absolute atomic E-state index is 12.2. The monoisotopic (exact) mass is 291 g/mol. The summed E-state index contributed by atoms with van der Waals surface area (Å²) in [6.07, 6.45) is 0.719. The molecular weight excluding hydrogens is 274 g/mol. The molecule has 0 aliphatic rings. The zero-order valence-corrected chi connectivity index (χ0v) is 12.5. The van der Waals surface area contributed by atoms with E-state index in [1.807, 2.05) is 73.7 Å². The molecule has 0 saturated heterocycles. The summed E-state index contributed by atoms with van der Waals surface area (Å²) in [6.45, 7) is 2.22. The van der Waals surface area contributed by atoms with Crippen LogP contribution < -0.4 is 0 Å². The maximum Gasteiger partial charge on any atom is 0.349 e. The van der Waals surface area contributed by atoms with Gasteiger partial charge in [0.1, 0.15) is 11.6 Å². The molecule has 2 aromatic rings. The molecule has 0 unspecified atom stereocenters. The minimum atomic E-state index is -0.577. The van der Waals surface area contributed by atoms with E-state index in [-0.39, 0.29) is 5.57 Å². The Balaban J connectivity index is 2.59. The van der Waals surface area contributed by atoms with Gasteiger partial charge in [-0.1, -0.05) is 67.6 Å². The molecule has 0 radical (unpaired) electrons. The van der Waals surface area contributed by atoms with E-state index in [4.69, 9.17) is 4.74 Å². The molecule has 0 aliphatic heterocycles. The molecule has 22 heavy (non-hydrogen) atoms. The number of nitriles is 1. The Morgan fingerprint density at radius 1 is 1.00 bits per heavy atom. The SMILES string of the molecule is CCCOC(=O)C(C#N)=C(c1ccccc1)c1ccccc1. The summed E-state index contributed by atoms with van der Waals surface area (Å²) in [6, 6.07) is 20.9. The van der Waals surface area contributed by atoms with Crippen molar-refractivity contribution in [2.75, 3.05) is 6.61 Å². The highest BCUT2D eigenvalue weighted by Crippen LogP contribution is 2.27. The van der Waals surface area contributed by atoms with Gasteiger partial charge >= 0.3 is 5.97 Å². The maximum atomic E-state index is 12.2. The molecule has 0 N–H and O–H groups in total. The van der Waals surface area contributed by atoms with Crippen LogP contribution in [0.2, 0.25) is 0 Å². The second-order valence-electron chi connectivity index (χ2n) is 4.73. The molecule has 0 aromatic heterocycles. The number of rotatable bonds is 5. The Morgan fingerprint density at radius 2 is 1.50 bits per heavy atom. The summed E-state index contributed by atoms with van der Waals surface area (Å²) < 4.78 is 5.15. The van der Waals surface area contributed by atoms with Crippen LogP contribution in [0.3, 0.4) is 0 Å². The van der Waals surface area contributed by atoms with E-state index < -0.39 is 5.97 Å². The number of benzene rings is 2. The molecule has 2 rings (SSSR count). The van der Waals surface area contributed by atoms with Crippen molar-refractivity contribution in [2.45, 2.75) is 13.3 Å². The van der Waals surface area contributed by atoms with Gasteiger partial charge in [0.15, 0.2) is 0 Å². The first kappa shape index (κ1) is 15.5. The number of carbonyl (C=O) groups is 1. The van der Waals surface area contributed by atoms with Gasteiger partial charge in [-0.25, -0.2) is 4.79 Å². The van der Waals surface area contributed by atoms with Crippen molar-refractivity contribution in [1.29, 1.82) is 5.26 Å². The van der Waals surface area contributed by atoms with Gasteiger partial charge in [0.05, 0.1) is 6.61 Å². The Bertz CT molecular complexity index is 656. The summed E-state index contributed by atoms with van der Waals surface area (Å²) in [5, 5.41) is 9.48. The normalized spacial score (nSPS) is 9.64. The number of esters is 1. The molecular formula is C19H17NO2. The van der Waals surface area contributed by atoms with Crippen molar-refractivity contribution in [3.8, 4) is 6.07 Å². The molecule has 0 aliphatic carbocycles. The van der Waals surface area contributed by atoms with Crippen LogP contribution in [-0.2, 0) is 9.53 Å². The third kappa shape index (κ3) is 3.62. The van der Waals surface area contributed by atoms with Crippen LogP contribution in [0.1, 0.15) is 24.5 Å². The van der Waals surface area contributed by atoms with Crippen molar-refractivity contribution >= 4 is 11.5 Å². The van der Waals surface area contributed by atoms with Crippen LogP contribution in [0.15, 0.2) is 66.2 Å². The fourth-order valence-electron chi connectivity index (χ4n) is 2.14. The van der Waals surface area contributed by atoms with Crippen molar-refractivity contribution < 1.29 is 9.53 Å². The molecule has 3 nitrogen and oxygen atoms in total. The molecule has 2 aromatic carbocycles. The summed E-state index contributed by atoms with van der Waals surface area (Å²) in [5.41, 5.74) is 2.27. The van der Waals surface area contributed by atoms with Crippen LogP contribution in [0.4, 0.5) is 0 Å². The van der Waals surface area contributed by atoms with E-state index >= 15 is 0 Å². The summed E-state index contributed by atoms with van der Waals surface area (Å²) in [7, 11) is 0. The number of ether oxygens (including phenoxy) is 1. The van der Waals surface area contributed by atoms with E-state index in [9.17, 15) is 10.1 Å². The van der Waals surface area contributed by atoms with E-state index in [1.165, 1.54) is 0 Å². The van der Waals surface area contributed by atoms with Gasteiger partial charge < -0.3 is 4.74 Å². The first-order valence-electron chi connectivity index (χ1n) is 7.20. The van der Waals surface area contributed by atoms with Crippen LogP contribution in [0.5, 0.6) is 0 Å². The predicted octanol–water partition coefficient (Wildman–Crippen LogP) is 3.97. The molecule has 0 spiro atoms. The lowest BCUT2D eigenvalue weighted by Gasteiger charge is -2.11. The van der Waals surface area contributed by atoms with Crippen molar-refractivity contribution in [3.05, 3.63) is 77.4 Å². The van der Waals surface area contributed by atoms with Crippen molar-refractivity contribution in [2.24, 2.45) is 0 Å². The minimum Gasteiger partial charge on any atom is -0.462 e. The number of nitrogens with zero attached hydrogens (tertiary/aromatic N) is 1. The lowest BCUT2D eigenvalue weighted by Crippen LogP contribution is -2.10. The minimum absolute atomic E-state index is 0.0332. The van der Waals surface area contributed by atoms with Crippen LogP contribution in [0, 0.1) is 11.3 Å². The van der Waals surface area contributed by atoms with Gasteiger partial charge in [0, 0.05) is 5.57 Å². The highest BCUT2D eigenvalue weighted by atomic mass is 16.5. The second kappa shape index (κ2) is 7.80. The highest BCUT2D eigenvalue weighted by molar-refractivity contribution is 6.05. The Labute approximate surface area is 130 Å². The summed E-state index contributed by atoms with van der Waals surface area (Å²) in [5.74, 6) is -0.577. The lowest BCUT2D eigenvalue weighted by atomic mass is 9.93. The molecule has 0 atom stereocenters. The molecule has 0 heterocycles. The molecule has 3 heteroatoms. The van der Waals surface area contributed by atoms with E-state index in [2.05, 4.69) is 0 Å². The average Bonchev–Trinajstić information content (AvgIpc) is 2.59. The number of hydrogen-bond acceptors (Lipinski definition) is 3. The van der Waals surface area contributed by atoms with E-state index in [1.54, 1.807) is 0 Å². The Morgan fingerprint density at radius 3 is 1.91 bits per heavy atom. The van der Waals surface area contributed by atoms with Gasteiger partial charge in [-0.2, -0.15) is 5.26 Å². The molecule has 0 fully saturated rings. The zero-order chi connectivity index (χ0) is 15.8. The fourth-order valence-corrected chi connectivity index (χ4v) is 2.14. The largest absolute Gasteiger partial charge is 0.462 e. The van der Waals surface area contributed by atoms with E-state index in [0.29, 0.717) is 12.2 Å². The third-order valence-corrected chi connectivity index (χ3v) is 3.13. The second-order valence-corrected chi connectivity index (χ2v) is 4.73. The highest BCUT2D eigenvalue weighted by Gasteiger charge is 2.19. The Hall–Kier alpha value is -2.86. The summed E-state index contributed by atoms with van der Waals surface area (Å²) in [4.78, 5) is 12.2. The predicted molar refractivity (Wildman–Crippen MR) is 85.8 cm³/mol. The van der Waals surface area contributed by atoms with Crippen molar-refractivity contribution in [1.82, 2.24) is 0 Å². The van der Waals surface area contributed by atoms with Crippen molar-refractivity contribution in [3.63, 3.8) is 0 Å². The quantitative estimate of drug-likeness (QED) is 0.476. The lowest BCUT2D eigenvalue weighted by molar-refractivity contribution is -0.138. The zero-order valence-electron chi connectivity index (χ0n) is 12.5. The van der Waals surface area contributed by atoms with Gasteiger partial charge in [-0.05, 0) is 17.5 Å². The van der Waals surface area contributed by atoms with Crippen LogP contribution >= 0.6 is 0 Å². The Kier molecular flexibility index (Phi) is 5.50. The van der Waals surface area contributed by atoms with Gasteiger partial charge in [-0.3, -0.25) is 0 Å². The molecule has 0 bridgehead atoms. The van der Waals surface area contributed by atoms with Gasteiger partial charge in [0.2, 0.25) is 0 Å². The fraction of sp³-hybridized carbons (Fsp3) is 0.158. The smallest absolute Gasteiger partial charge is 0.349 e. The van der Waals surface area contributed by atoms with Gasteiger partial charge in [0.25, 0.3) is 0 Å². The average molecular weight is 291 g/mol. The summed E-state index contributed by atoms with van der Waals surface area (Å²) >= 11 is 0. The van der Waals surface area contributed by atoms with Gasteiger partial charge in [-0.15, -0.1) is 0 Å². The first-order chi connectivity index (χ1) is 10.8. The first-order valence-corrected chi connectivity index (χ1v) is 7.20. The molecule has 0 saturated carbocycles. The molecule has 0 amide bonds. The van der Waals surface area contributed by atoms with E-state index in [0.717, 1.165) is 17.5 Å². The standard InChI is InChI=1S/C19H17NO2/c1-2-13-22-19(21)17(14-20)18(15-9-5-3-6-10-15)16-11-7-4-8-12-16/h3-12H,2,13H2,1H3.